The van der Waals surface area contributed by atoms with Crippen LogP contribution in [0.15, 0.2) is 41.7 Å². The Morgan fingerprint density at radius 1 is 1.38 bits per heavy atom. The molecule has 0 fully saturated rings. The van der Waals surface area contributed by atoms with Crippen LogP contribution in [0.5, 0.6) is 0 Å². The molecule has 0 bridgehead atoms. The van der Waals surface area contributed by atoms with Crippen molar-refractivity contribution in [1.29, 1.82) is 0 Å². The summed E-state index contributed by atoms with van der Waals surface area (Å²) in [6.45, 7) is 4.03. The van der Waals surface area contributed by atoms with E-state index in [0.717, 1.165) is 29.3 Å². The Kier molecular flexibility index (Phi) is 7.43. The van der Waals surface area contributed by atoms with Crippen molar-refractivity contribution in [2.75, 3.05) is 18.4 Å². The van der Waals surface area contributed by atoms with Gasteiger partial charge in [0.25, 0.3) is 0 Å². The van der Waals surface area contributed by atoms with Gasteiger partial charge in [-0.3, -0.25) is 9.48 Å². The molecule has 140 valence electrons. The molecule has 1 aliphatic heterocycles. The molecule has 2 heterocycles. The zero-order chi connectivity index (χ0) is 17.6. The lowest BCUT2D eigenvalue weighted by molar-refractivity contribution is -0.116. The first kappa shape index (κ1) is 20.2. The molecule has 0 spiro atoms. The molecule has 26 heavy (non-hydrogen) atoms. The number of fused-ring (bicyclic) bond motifs is 1. The Hall–Kier alpha value is -2.10. The highest BCUT2D eigenvalue weighted by molar-refractivity contribution is 14.0. The van der Waals surface area contributed by atoms with Gasteiger partial charge in [0.05, 0.1) is 12.7 Å². The third-order valence-corrected chi connectivity index (χ3v) is 4.14. The van der Waals surface area contributed by atoms with Crippen LogP contribution in [-0.4, -0.2) is 34.7 Å². The normalized spacial score (nSPS) is 16.3. The Labute approximate surface area is 170 Å². The fourth-order valence-corrected chi connectivity index (χ4v) is 2.97. The lowest BCUT2D eigenvalue weighted by Gasteiger charge is -2.26. The average Bonchev–Trinajstić information content (AvgIpc) is 3.02. The molecule has 2 aromatic rings. The van der Waals surface area contributed by atoms with Crippen molar-refractivity contribution in [1.82, 2.24) is 20.4 Å². The third-order valence-electron chi connectivity index (χ3n) is 4.14. The molecule has 1 unspecified atom stereocenters. The predicted octanol–water partition coefficient (Wildman–Crippen LogP) is 2.22. The van der Waals surface area contributed by atoms with E-state index >= 15 is 0 Å². The number of aromatic nitrogens is 2. The minimum absolute atomic E-state index is 0. The van der Waals surface area contributed by atoms with E-state index in [0.29, 0.717) is 19.5 Å². The van der Waals surface area contributed by atoms with Gasteiger partial charge in [-0.1, -0.05) is 18.2 Å². The molecule has 3 rings (SSSR count). The molecule has 1 aromatic heterocycles. The van der Waals surface area contributed by atoms with Crippen LogP contribution < -0.4 is 16.0 Å². The van der Waals surface area contributed by atoms with E-state index in [1.165, 1.54) is 0 Å². The molecule has 0 saturated carbocycles. The fourth-order valence-electron chi connectivity index (χ4n) is 2.97. The van der Waals surface area contributed by atoms with Crippen molar-refractivity contribution in [3.05, 3.63) is 47.8 Å². The van der Waals surface area contributed by atoms with Gasteiger partial charge in [-0.25, -0.2) is 4.99 Å². The maximum absolute atomic E-state index is 11.9. The molecule has 1 amide bonds. The van der Waals surface area contributed by atoms with Crippen LogP contribution in [0.1, 0.15) is 30.4 Å². The van der Waals surface area contributed by atoms with E-state index in [1.807, 2.05) is 44.6 Å². The van der Waals surface area contributed by atoms with E-state index in [1.54, 1.807) is 4.68 Å². The van der Waals surface area contributed by atoms with Crippen LogP contribution in [0.25, 0.3) is 0 Å². The number of carbonyl (C=O) groups excluding carboxylic acids is 1. The van der Waals surface area contributed by atoms with Gasteiger partial charge >= 0.3 is 0 Å². The van der Waals surface area contributed by atoms with Crippen LogP contribution >= 0.6 is 24.0 Å². The first-order chi connectivity index (χ1) is 12.2. The number of guanidine groups is 1. The Morgan fingerprint density at radius 3 is 2.92 bits per heavy atom. The van der Waals surface area contributed by atoms with E-state index in [2.05, 4.69) is 32.1 Å². The van der Waals surface area contributed by atoms with Crippen molar-refractivity contribution < 1.29 is 4.79 Å². The van der Waals surface area contributed by atoms with Crippen LogP contribution in [0, 0.1) is 0 Å². The predicted molar refractivity (Wildman–Crippen MR) is 114 cm³/mol. The molecule has 0 saturated heterocycles. The van der Waals surface area contributed by atoms with Gasteiger partial charge < -0.3 is 16.0 Å². The highest BCUT2D eigenvalue weighted by atomic mass is 127. The molecule has 1 aliphatic rings. The summed E-state index contributed by atoms with van der Waals surface area (Å²) in [7, 11) is 1.89. The minimum Gasteiger partial charge on any atom is -0.357 e. The average molecular weight is 468 g/mol. The van der Waals surface area contributed by atoms with Crippen molar-refractivity contribution in [3.63, 3.8) is 0 Å². The number of benzene rings is 1. The molecule has 7 nitrogen and oxygen atoms in total. The second-order valence-corrected chi connectivity index (χ2v) is 6.13. The molecule has 8 heteroatoms. The van der Waals surface area contributed by atoms with Crippen LogP contribution in [0.3, 0.4) is 0 Å². The number of nitrogens with zero attached hydrogens (tertiary/aromatic N) is 3. The smallest absolute Gasteiger partial charge is 0.225 e. The number of hydrogen-bond donors (Lipinski definition) is 3. The van der Waals surface area contributed by atoms with Gasteiger partial charge in [-0.15, -0.1) is 24.0 Å². The SMILES string of the molecule is CCNC(=NCc1cnn(C)c1)NCC1CC(=O)Nc2ccccc21.I. The zero-order valence-electron chi connectivity index (χ0n) is 15.0. The lowest BCUT2D eigenvalue weighted by Crippen LogP contribution is -2.40. The summed E-state index contributed by atoms with van der Waals surface area (Å²) in [5.41, 5.74) is 3.13. The zero-order valence-corrected chi connectivity index (χ0v) is 17.4. The maximum Gasteiger partial charge on any atom is 0.225 e. The third kappa shape index (κ3) is 5.20. The van der Waals surface area contributed by atoms with Gasteiger partial charge in [-0.05, 0) is 18.6 Å². The van der Waals surface area contributed by atoms with E-state index in [9.17, 15) is 4.79 Å². The number of halogens is 1. The van der Waals surface area contributed by atoms with E-state index < -0.39 is 0 Å². The number of rotatable bonds is 5. The number of carbonyl (C=O) groups is 1. The number of hydrogen-bond acceptors (Lipinski definition) is 3. The van der Waals surface area contributed by atoms with Gasteiger partial charge in [0.1, 0.15) is 0 Å². The molecule has 0 aliphatic carbocycles. The summed E-state index contributed by atoms with van der Waals surface area (Å²) in [5.74, 6) is 0.935. The number of aliphatic imine (C=N–C) groups is 1. The number of nitrogens with one attached hydrogen (secondary N) is 3. The van der Waals surface area contributed by atoms with Gasteiger partial charge in [0.15, 0.2) is 5.96 Å². The summed E-state index contributed by atoms with van der Waals surface area (Å²) in [6.07, 6.45) is 4.25. The molecule has 0 radical (unpaired) electrons. The maximum atomic E-state index is 11.9. The standard InChI is InChI=1S/C18H24N6O.HI/c1-3-19-18(20-9-13-10-22-24(2)12-13)21-11-14-8-17(25)23-16-7-5-4-6-15(14)16;/h4-7,10,12,14H,3,8-9,11H2,1-2H3,(H,23,25)(H2,19,20,21);1H. The summed E-state index contributed by atoms with van der Waals surface area (Å²) >= 11 is 0. The van der Waals surface area contributed by atoms with E-state index in [-0.39, 0.29) is 35.8 Å². The van der Waals surface area contributed by atoms with Gasteiger partial charge in [-0.2, -0.15) is 5.10 Å². The summed E-state index contributed by atoms with van der Waals surface area (Å²) in [4.78, 5) is 16.5. The number of aryl methyl sites for hydroxylation is 1. The summed E-state index contributed by atoms with van der Waals surface area (Å²) < 4.78 is 1.77. The van der Waals surface area contributed by atoms with Crippen molar-refractivity contribution >= 4 is 41.5 Å². The second kappa shape index (κ2) is 9.56. The Morgan fingerprint density at radius 2 is 2.19 bits per heavy atom. The largest absolute Gasteiger partial charge is 0.357 e. The molecular formula is C18H25IN6O. The fraction of sp³-hybridized carbons (Fsp3) is 0.389. The molecule has 1 aromatic carbocycles. The Balaban J connectivity index is 0.00000243. The van der Waals surface area contributed by atoms with Crippen molar-refractivity contribution in [3.8, 4) is 0 Å². The summed E-state index contributed by atoms with van der Waals surface area (Å²) in [5, 5.41) is 13.7. The van der Waals surface area contributed by atoms with Crippen molar-refractivity contribution in [2.45, 2.75) is 25.8 Å². The second-order valence-electron chi connectivity index (χ2n) is 6.13. The first-order valence-electron chi connectivity index (χ1n) is 8.54. The van der Waals surface area contributed by atoms with Crippen molar-refractivity contribution in [2.24, 2.45) is 12.0 Å². The van der Waals surface area contributed by atoms with Crippen LogP contribution in [0.2, 0.25) is 0 Å². The van der Waals surface area contributed by atoms with Crippen LogP contribution in [0.4, 0.5) is 5.69 Å². The number of anilines is 1. The first-order valence-corrected chi connectivity index (χ1v) is 8.54. The van der Waals surface area contributed by atoms with Crippen LogP contribution in [-0.2, 0) is 18.4 Å². The quantitative estimate of drug-likeness (QED) is 0.357. The highest BCUT2D eigenvalue weighted by Gasteiger charge is 2.24. The van der Waals surface area contributed by atoms with Gasteiger partial charge in [0.2, 0.25) is 5.91 Å². The van der Waals surface area contributed by atoms with Gasteiger partial charge in [0, 0.05) is 49.9 Å². The molecular weight excluding hydrogens is 443 g/mol. The highest BCUT2D eigenvalue weighted by Crippen LogP contribution is 2.31. The number of para-hydroxylation sites is 1. The van der Waals surface area contributed by atoms with E-state index in [4.69, 9.17) is 0 Å². The topological polar surface area (TPSA) is 83.3 Å². The Bertz CT molecular complexity index is 773. The number of amides is 1. The molecule has 3 N–H and O–H groups in total. The lowest BCUT2D eigenvalue weighted by atomic mass is 9.90. The molecule has 1 atom stereocenters. The minimum atomic E-state index is 0. The monoisotopic (exact) mass is 468 g/mol. The summed E-state index contributed by atoms with van der Waals surface area (Å²) in [6, 6.07) is 7.96.